The van der Waals surface area contributed by atoms with Crippen LogP contribution >= 0.6 is 0 Å². The second kappa shape index (κ2) is 8.29. The SMILES string of the molecule is CC(=O)NCCc1cccc2ccccc12.O[B]O. The summed E-state index contributed by atoms with van der Waals surface area (Å²) in [7, 11) is 0. The summed E-state index contributed by atoms with van der Waals surface area (Å²) in [5, 5.41) is 19.3. The molecule has 2 aromatic carbocycles. The summed E-state index contributed by atoms with van der Waals surface area (Å²) in [6, 6.07) is 14.6. The Labute approximate surface area is 113 Å². The molecule has 0 bridgehead atoms. The lowest BCUT2D eigenvalue weighted by atomic mass is 10.0. The van der Waals surface area contributed by atoms with E-state index in [1.165, 1.54) is 16.3 Å². The van der Waals surface area contributed by atoms with E-state index < -0.39 is 0 Å². The van der Waals surface area contributed by atoms with Gasteiger partial charge in [-0.25, -0.2) is 0 Å². The first kappa shape index (κ1) is 15.2. The maximum absolute atomic E-state index is 10.8. The Morgan fingerprint density at radius 1 is 1.16 bits per heavy atom. The van der Waals surface area contributed by atoms with Gasteiger partial charge in [0.25, 0.3) is 0 Å². The quantitative estimate of drug-likeness (QED) is 0.720. The Balaban J connectivity index is 0.000000550. The highest BCUT2D eigenvalue weighted by molar-refractivity contribution is 6.13. The number of carbonyl (C=O) groups is 1. The summed E-state index contributed by atoms with van der Waals surface area (Å²) < 4.78 is 0. The molecule has 3 N–H and O–H groups in total. The van der Waals surface area contributed by atoms with Crippen LogP contribution < -0.4 is 5.32 Å². The van der Waals surface area contributed by atoms with Crippen LogP contribution in [0.15, 0.2) is 42.5 Å². The fraction of sp³-hybridized carbons (Fsp3) is 0.214. The number of hydrogen-bond donors (Lipinski definition) is 3. The van der Waals surface area contributed by atoms with E-state index in [0.717, 1.165) is 6.42 Å². The van der Waals surface area contributed by atoms with Crippen LogP contribution in [0.2, 0.25) is 0 Å². The number of nitrogens with one attached hydrogen (secondary N) is 1. The minimum absolute atomic E-state index is 0. The molecule has 4 nitrogen and oxygen atoms in total. The molecule has 0 aliphatic heterocycles. The smallest absolute Gasteiger partial charge is 0.429 e. The number of rotatable bonds is 3. The molecule has 0 fully saturated rings. The van der Waals surface area contributed by atoms with Crippen LogP contribution in [-0.2, 0) is 11.2 Å². The van der Waals surface area contributed by atoms with Crippen molar-refractivity contribution in [2.45, 2.75) is 13.3 Å². The molecule has 99 valence electrons. The van der Waals surface area contributed by atoms with Crippen molar-refractivity contribution < 1.29 is 14.8 Å². The maximum atomic E-state index is 10.8. The highest BCUT2D eigenvalue weighted by Crippen LogP contribution is 2.18. The van der Waals surface area contributed by atoms with Gasteiger partial charge in [0.1, 0.15) is 0 Å². The van der Waals surface area contributed by atoms with Gasteiger partial charge in [-0.1, -0.05) is 42.5 Å². The van der Waals surface area contributed by atoms with Crippen molar-refractivity contribution in [1.29, 1.82) is 0 Å². The molecule has 0 saturated carbocycles. The Bertz CT molecular complexity index is 526. The molecule has 0 atom stereocenters. The largest absolute Gasteiger partial charge is 0.482 e. The molecule has 0 spiro atoms. The predicted molar refractivity (Wildman–Crippen MR) is 76.5 cm³/mol. The van der Waals surface area contributed by atoms with Gasteiger partial charge < -0.3 is 15.4 Å². The minimum Gasteiger partial charge on any atom is -0.429 e. The van der Waals surface area contributed by atoms with Crippen LogP contribution in [0.4, 0.5) is 0 Å². The van der Waals surface area contributed by atoms with Crippen molar-refractivity contribution >= 4 is 24.4 Å². The van der Waals surface area contributed by atoms with Crippen LogP contribution in [0.3, 0.4) is 0 Å². The van der Waals surface area contributed by atoms with Crippen molar-refractivity contribution in [2.75, 3.05) is 6.54 Å². The first-order valence-corrected chi connectivity index (χ1v) is 6.00. The molecule has 0 unspecified atom stereocenters. The van der Waals surface area contributed by atoms with Gasteiger partial charge in [-0.3, -0.25) is 4.79 Å². The molecule has 19 heavy (non-hydrogen) atoms. The van der Waals surface area contributed by atoms with Gasteiger partial charge in [0.05, 0.1) is 0 Å². The Morgan fingerprint density at radius 2 is 1.79 bits per heavy atom. The van der Waals surface area contributed by atoms with Gasteiger partial charge in [-0.15, -0.1) is 0 Å². The number of hydrogen-bond acceptors (Lipinski definition) is 3. The molecule has 0 aliphatic carbocycles. The summed E-state index contributed by atoms with van der Waals surface area (Å²) in [6.07, 6.45) is 0.876. The van der Waals surface area contributed by atoms with Gasteiger partial charge >= 0.3 is 7.69 Å². The predicted octanol–water partition coefficient (Wildman–Crippen LogP) is 1.02. The number of amides is 1. The van der Waals surface area contributed by atoms with Crippen molar-refractivity contribution in [3.8, 4) is 0 Å². The fourth-order valence-electron chi connectivity index (χ4n) is 1.88. The standard InChI is InChI=1S/C14H15NO.BH2O2/c1-11(16)15-10-9-13-7-4-6-12-5-2-3-8-14(12)13;2-1-3/h2-8H,9-10H2,1H3,(H,15,16);2-3H. The third-order valence-electron chi connectivity index (χ3n) is 2.65. The van der Waals surface area contributed by atoms with E-state index in [4.69, 9.17) is 10.0 Å². The summed E-state index contributed by atoms with van der Waals surface area (Å²) in [5.74, 6) is 0.0280. The molecular weight excluding hydrogens is 241 g/mol. The highest BCUT2D eigenvalue weighted by Gasteiger charge is 2.00. The van der Waals surface area contributed by atoms with Crippen LogP contribution in [-0.4, -0.2) is 30.2 Å². The molecule has 5 heteroatoms. The van der Waals surface area contributed by atoms with Crippen LogP contribution in [0.1, 0.15) is 12.5 Å². The second-order valence-electron chi connectivity index (χ2n) is 3.99. The van der Waals surface area contributed by atoms with Gasteiger partial charge in [0, 0.05) is 13.5 Å². The zero-order valence-electron chi connectivity index (χ0n) is 10.8. The summed E-state index contributed by atoms with van der Waals surface area (Å²) >= 11 is 0. The average Bonchev–Trinajstić information content (AvgIpc) is 2.39. The summed E-state index contributed by atoms with van der Waals surface area (Å²) in [6.45, 7) is 2.24. The Kier molecular flexibility index (Phi) is 6.64. The number of benzene rings is 2. The first-order chi connectivity index (χ1) is 9.19. The van der Waals surface area contributed by atoms with Gasteiger partial charge in [-0.2, -0.15) is 0 Å². The van der Waals surface area contributed by atoms with E-state index in [9.17, 15) is 4.79 Å². The van der Waals surface area contributed by atoms with E-state index in [2.05, 4.69) is 35.6 Å². The van der Waals surface area contributed by atoms with E-state index in [1.54, 1.807) is 6.92 Å². The monoisotopic (exact) mass is 258 g/mol. The van der Waals surface area contributed by atoms with Crippen LogP contribution in [0.5, 0.6) is 0 Å². The lowest BCUT2D eigenvalue weighted by molar-refractivity contribution is -0.118. The molecule has 0 aromatic heterocycles. The molecule has 2 aromatic rings. The molecule has 0 aliphatic rings. The molecular formula is C14H17BNO3. The normalized spacial score (nSPS) is 9.42. The molecule has 2 rings (SSSR count). The van der Waals surface area contributed by atoms with Gasteiger partial charge in [0.2, 0.25) is 5.91 Å². The molecule has 1 amide bonds. The zero-order chi connectivity index (χ0) is 14.1. The topological polar surface area (TPSA) is 69.6 Å². The van der Waals surface area contributed by atoms with Crippen LogP contribution in [0.25, 0.3) is 10.8 Å². The third kappa shape index (κ3) is 5.12. The van der Waals surface area contributed by atoms with E-state index in [1.807, 2.05) is 12.1 Å². The second-order valence-corrected chi connectivity index (χ2v) is 3.99. The molecule has 0 heterocycles. The van der Waals surface area contributed by atoms with E-state index in [-0.39, 0.29) is 13.6 Å². The first-order valence-electron chi connectivity index (χ1n) is 6.00. The third-order valence-corrected chi connectivity index (χ3v) is 2.65. The lowest BCUT2D eigenvalue weighted by Crippen LogP contribution is -2.22. The number of fused-ring (bicyclic) bond motifs is 1. The maximum Gasteiger partial charge on any atom is 0.482 e. The van der Waals surface area contributed by atoms with Crippen molar-refractivity contribution in [1.82, 2.24) is 5.32 Å². The minimum atomic E-state index is 0. The Morgan fingerprint density at radius 3 is 2.47 bits per heavy atom. The van der Waals surface area contributed by atoms with Crippen molar-refractivity contribution in [3.63, 3.8) is 0 Å². The van der Waals surface area contributed by atoms with Crippen LogP contribution in [0, 0.1) is 0 Å². The lowest BCUT2D eigenvalue weighted by Gasteiger charge is -2.06. The Hall–Kier alpha value is -1.85. The van der Waals surface area contributed by atoms with E-state index >= 15 is 0 Å². The molecule has 1 radical (unpaired) electrons. The number of carbonyl (C=O) groups excluding carboxylic acids is 1. The summed E-state index contributed by atoms with van der Waals surface area (Å²) in [5.41, 5.74) is 1.28. The van der Waals surface area contributed by atoms with Crippen molar-refractivity contribution in [3.05, 3.63) is 48.0 Å². The fourth-order valence-corrected chi connectivity index (χ4v) is 1.88. The molecule has 0 saturated heterocycles. The van der Waals surface area contributed by atoms with Gasteiger partial charge in [0.15, 0.2) is 0 Å². The van der Waals surface area contributed by atoms with Crippen molar-refractivity contribution in [2.24, 2.45) is 0 Å². The zero-order valence-corrected chi connectivity index (χ0v) is 10.8. The van der Waals surface area contributed by atoms with Gasteiger partial charge in [-0.05, 0) is 22.8 Å². The highest BCUT2D eigenvalue weighted by atomic mass is 16.4. The van der Waals surface area contributed by atoms with E-state index in [0.29, 0.717) is 6.54 Å². The summed E-state index contributed by atoms with van der Waals surface area (Å²) in [4.78, 5) is 10.8. The average molecular weight is 258 g/mol.